The summed E-state index contributed by atoms with van der Waals surface area (Å²) in [7, 11) is 0. The van der Waals surface area contributed by atoms with E-state index in [1.54, 1.807) is 17.0 Å². The predicted octanol–water partition coefficient (Wildman–Crippen LogP) is 2.34. The van der Waals surface area contributed by atoms with Crippen LogP contribution in [0.1, 0.15) is 29.0 Å². The second-order valence-electron chi connectivity index (χ2n) is 4.98. The molecule has 1 aliphatic heterocycles. The summed E-state index contributed by atoms with van der Waals surface area (Å²) in [5, 5.41) is 2.79. The third kappa shape index (κ3) is 2.97. The van der Waals surface area contributed by atoms with Gasteiger partial charge in [0, 0.05) is 25.2 Å². The SMILES string of the molecule is O=C(NCc1ccc(N2CCCC2=O)cc1)c1ccco1. The Hall–Kier alpha value is -2.56. The highest BCUT2D eigenvalue weighted by atomic mass is 16.3. The molecule has 2 aromatic rings. The third-order valence-corrected chi connectivity index (χ3v) is 3.52. The third-order valence-electron chi connectivity index (χ3n) is 3.52. The van der Waals surface area contributed by atoms with Gasteiger partial charge in [-0.15, -0.1) is 0 Å². The van der Waals surface area contributed by atoms with Gasteiger partial charge in [0.05, 0.1) is 6.26 Å². The van der Waals surface area contributed by atoms with E-state index >= 15 is 0 Å². The van der Waals surface area contributed by atoms with Crippen molar-refractivity contribution < 1.29 is 14.0 Å². The highest BCUT2D eigenvalue weighted by Gasteiger charge is 2.21. The number of nitrogens with one attached hydrogen (secondary N) is 1. The molecule has 0 aliphatic carbocycles. The fraction of sp³-hybridized carbons (Fsp3) is 0.250. The summed E-state index contributed by atoms with van der Waals surface area (Å²) in [6, 6.07) is 11.0. The van der Waals surface area contributed by atoms with Crippen LogP contribution in [0.5, 0.6) is 0 Å². The predicted molar refractivity (Wildman–Crippen MR) is 77.9 cm³/mol. The number of amides is 2. The van der Waals surface area contributed by atoms with Crippen LogP contribution in [0.4, 0.5) is 5.69 Å². The van der Waals surface area contributed by atoms with E-state index in [9.17, 15) is 9.59 Å². The van der Waals surface area contributed by atoms with Crippen molar-refractivity contribution >= 4 is 17.5 Å². The zero-order chi connectivity index (χ0) is 14.7. The molecule has 1 aromatic heterocycles. The van der Waals surface area contributed by atoms with Gasteiger partial charge in [0.1, 0.15) is 0 Å². The minimum atomic E-state index is -0.237. The summed E-state index contributed by atoms with van der Waals surface area (Å²) in [5.41, 5.74) is 1.89. The van der Waals surface area contributed by atoms with Crippen molar-refractivity contribution in [1.29, 1.82) is 0 Å². The number of benzene rings is 1. The van der Waals surface area contributed by atoms with E-state index in [0.29, 0.717) is 18.7 Å². The van der Waals surface area contributed by atoms with E-state index in [1.807, 2.05) is 24.3 Å². The molecular weight excluding hydrogens is 268 g/mol. The van der Waals surface area contributed by atoms with Gasteiger partial charge in [-0.3, -0.25) is 9.59 Å². The van der Waals surface area contributed by atoms with Gasteiger partial charge in [0.2, 0.25) is 5.91 Å². The van der Waals surface area contributed by atoms with Crippen molar-refractivity contribution in [2.75, 3.05) is 11.4 Å². The topological polar surface area (TPSA) is 62.6 Å². The molecule has 1 saturated heterocycles. The van der Waals surface area contributed by atoms with Crippen LogP contribution in [0.3, 0.4) is 0 Å². The average Bonchev–Trinajstić information content (AvgIpc) is 3.17. The number of carbonyl (C=O) groups is 2. The monoisotopic (exact) mass is 284 g/mol. The highest BCUT2D eigenvalue weighted by molar-refractivity contribution is 5.95. The summed E-state index contributed by atoms with van der Waals surface area (Å²) in [6.07, 6.45) is 3.01. The van der Waals surface area contributed by atoms with Gasteiger partial charge in [0.15, 0.2) is 5.76 Å². The number of nitrogens with zero attached hydrogens (tertiary/aromatic N) is 1. The molecule has 0 radical (unpaired) electrons. The highest BCUT2D eigenvalue weighted by Crippen LogP contribution is 2.21. The minimum absolute atomic E-state index is 0.175. The first-order chi connectivity index (χ1) is 10.2. The maximum absolute atomic E-state index is 11.7. The standard InChI is InChI=1S/C16H16N2O3/c19-15-4-1-9-18(15)13-7-5-12(6-8-13)11-17-16(20)14-3-2-10-21-14/h2-3,5-8,10H,1,4,9,11H2,(H,17,20). The molecule has 0 saturated carbocycles. The molecule has 1 aliphatic rings. The molecule has 2 amide bonds. The summed E-state index contributed by atoms with van der Waals surface area (Å²) in [6.45, 7) is 1.21. The van der Waals surface area contributed by atoms with Gasteiger partial charge >= 0.3 is 0 Å². The van der Waals surface area contributed by atoms with Crippen LogP contribution in [0.2, 0.25) is 0 Å². The molecule has 0 atom stereocenters. The van der Waals surface area contributed by atoms with Crippen LogP contribution in [-0.4, -0.2) is 18.4 Å². The number of hydrogen-bond acceptors (Lipinski definition) is 3. The van der Waals surface area contributed by atoms with Crippen LogP contribution in [0.25, 0.3) is 0 Å². The molecule has 1 aromatic carbocycles. The Balaban J connectivity index is 1.60. The van der Waals surface area contributed by atoms with E-state index in [-0.39, 0.29) is 11.8 Å². The number of hydrogen-bond donors (Lipinski definition) is 1. The molecule has 5 heteroatoms. The molecule has 0 unspecified atom stereocenters. The molecule has 5 nitrogen and oxygen atoms in total. The van der Waals surface area contributed by atoms with Gasteiger partial charge in [-0.2, -0.15) is 0 Å². The van der Waals surface area contributed by atoms with Crippen molar-refractivity contribution in [2.45, 2.75) is 19.4 Å². The Bertz CT molecular complexity index is 632. The fourth-order valence-corrected chi connectivity index (χ4v) is 2.39. The summed E-state index contributed by atoms with van der Waals surface area (Å²) in [5.74, 6) is 0.238. The first kappa shape index (κ1) is 13.4. The summed E-state index contributed by atoms with van der Waals surface area (Å²) in [4.78, 5) is 25.2. The Kier molecular flexibility index (Phi) is 3.73. The summed E-state index contributed by atoms with van der Waals surface area (Å²) >= 11 is 0. The molecule has 1 fully saturated rings. The number of anilines is 1. The molecule has 0 bridgehead atoms. The zero-order valence-electron chi connectivity index (χ0n) is 11.5. The molecule has 1 N–H and O–H groups in total. The maximum atomic E-state index is 11.7. The smallest absolute Gasteiger partial charge is 0.287 e. The molecule has 3 rings (SSSR count). The Morgan fingerprint density at radius 3 is 2.67 bits per heavy atom. The normalized spacial score (nSPS) is 14.5. The summed E-state index contributed by atoms with van der Waals surface area (Å²) < 4.78 is 5.03. The molecule has 0 spiro atoms. The molecular formula is C16H16N2O3. The van der Waals surface area contributed by atoms with E-state index in [4.69, 9.17) is 4.42 Å². The van der Waals surface area contributed by atoms with Crippen LogP contribution >= 0.6 is 0 Å². The van der Waals surface area contributed by atoms with Crippen LogP contribution in [0.15, 0.2) is 47.1 Å². The first-order valence-electron chi connectivity index (χ1n) is 6.95. The van der Waals surface area contributed by atoms with Gasteiger partial charge in [-0.05, 0) is 36.2 Å². The van der Waals surface area contributed by atoms with Gasteiger partial charge in [-0.25, -0.2) is 0 Å². The van der Waals surface area contributed by atoms with E-state index in [0.717, 1.165) is 24.2 Å². The van der Waals surface area contributed by atoms with Crippen molar-refractivity contribution in [1.82, 2.24) is 5.32 Å². The maximum Gasteiger partial charge on any atom is 0.287 e. The van der Waals surface area contributed by atoms with Crippen LogP contribution in [0, 0.1) is 0 Å². The second kappa shape index (κ2) is 5.83. The van der Waals surface area contributed by atoms with Crippen LogP contribution < -0.4 is 10.2 Å². The lowest BCUT2D eigenvalue weighted by atomic mass is 10.2. The Labute approximate surface area is 122 Å². The molecule has 108 valence electrons. The first-order valence-corrected chi connectivity index (χ1v) is 6.95. The lowest BCUT2D eigenvalue weighted by Gasteiger charge is -2.16. The minimum Gasteiger partial charge on any atom is -0.459 e. The number of rotatable bonds is 4. The van der Waals surface area contributed by atoms with Crippen LogP contribution in [-0.2, 0) is 11.3 Å². The number of furan rings is 1. The zero-order valence-corrected chi connectivity index (χ0v) is 11.5. The second-order valence-corrected chi connectivity index (χ2v) is 4.98. The fourth-order valence-electron chi connectivity index (χ4n) is 2.39. The van der Waals surface area contributed by atoms with Crippen molar-refractivity contribution in [2.24, 2.45) is 0 Å². The van der Waals surface area contributed by atoms with E-state index in [1.165, 1.54) is 6.26 Å². The van der Waals surface area contributed by atoms with E-state index in [2.05, 4.69) is 5.32 Å². The van der Waals surface area contributed by atoms with Gasteiger partial charge in [-0.1, -0.05) is 12.1 Å². The van der Waals surface area contributed by atoms with E-state index < -0.39 is 0 Å². The Morgan fingerprint density at radius 2 is 2.05 bits per heavy atom. The molecule has 2 heterocycles. The Morgan fingerprint density at radius 1 is 1.24 bits per heavy atom. The lowest BCUT2D eigenvalue weighted by Crippen LogP contribution is -2.24. The lowest BCUT2D eigenvalue weighted by molar-refractivity contribution is -0.117. The quantitative estimate of drug-likeness (QED) is 0.937. The van der Waals surface area contributed by atoms with Crippen molar-refractivity contribution in [3.63, 3.8) is 0 Å². The molecule has 21 heavy (non-hydrogen) atoms. The average molecular weight is 284 g/mol. The van der Waals surface area contributed by atoms with Crippen molar-refractivity contribution in [3.8, 4) is 0 Å². The number of carbonyl (C=O) groups excluding carboxylic acids is 2. The van der Waals surface area contributed by atoms with Crippen molar-refractivity contribution in [3.05, 3.63) is 54.0 Å². The van der Waals surface area contributed by atoms with Gasteiger partial charge < -0.3 is 14.6 Å². The van der Waals surface area contributed by atoms with Gasteiger partial charge in [0.25, 0.3) is 5.91 Å². The largest absolute Gasteiger partial charge is 0.459 e.